The number of hydrogen-bond donors (Lipinski definition) is 2. The topological polar surface area (TPSA) is 77.8 Å². The molecule has 2 rings (SSSR count). The van der Waals surface area contributed by atoms with Crippen molar-refractivity contribution >= 4 is 11.9 Å². The van der Waals surface area contributed by atoms with Crippen LogP contribution < -0.4 is 0 Å². The van der Waals surface area contributed by atoms with Crippen LogP contribution in [-0.2, 0) is 9.59 Å². The first-order chi connectivity index (χ1) is 8.02. The van der Waals surface area contributed by atoms with Gasteiger partial charge in [0.1, 0.15) is 6.04 Å². The molecule has 1 aliphatic heterocycles. The predicted octanol–water partition coefficient (Wildman–Crippen LogP) is 1.18. The first-order valence-corrected chi connectivity index (χ1v) is 6.21. The van der Waals surface area contributed by atoms with Gasteiger partial charge in [-0.05, 0) is 24.7 Å². The number of carboxylic acid groups (broad SMARTS) is 2. The van der Waals surface area contributed by atoms with E-state index in [-0.39, 0.29) is 12.8 Å². The average Bonchev–Trinajstić information content (AvgIpc) is 2.64. The molecule has 1 heterocycles. The lowest BCUT2D eigenvalue weighted by atomic mass is 9.77. The van der Waals surface area contributed by atoms with Crippen LogP contribution in [0.5, 0.6) is 0 Å². The molecule has 1 unspecified atom stereocenters. The lowest BCUT2D eigenvalue weighted by Gasteiger charge is -2.50. The maximum atomic E-state index is 11.1. The van der Waals surface area contributed by atoms with Gasteiger partial charge in [-0.1, -0.05) is 12.8 Å². The van der Waals surface area contributed by atoms with Crippen molar-refractivity contribution in [1.82, 2.24) is 4.90 Å². The van der Waals surface area contributed by atoms with Gasteiger partial charge in [-0.3, -0.25) is 14.5 Å². The minimum atomic E-state index is -0.924. The molecule has 0 aromatic heterocycles. The van der Waals surface area contributed by atoms with E-state index in [1.165, 1.54) is 25.7 Å². The lowest BCUT2D eigenvalue weighted by molar-refractivity contribution is -0.150. The van der Waals surface area contributed by atoms with Crippen LogP contribution in [-0.4, -0.2) is 46.2 Å². The van der Waals surface area contributed by atoms with Crippen molar-refractivity contribution in [3.63, 3.8) is 0 Å². The smallest absolute Gasteiger partial charge is 0.320 e. The van der Waals surface area contributed by atoms with Crippen molar-refractivity contribution in [2.24, 2.45) is 5.41 Å². The van der Waals surface area contributed by atoms with Gasteiger partial charge in [-0.15, -0.1) is 0 Å². The van der Waals surface area contributed by atoms with Gasteiger partial charge in [0.2, 0.25) is 0 Å². The molecule has 1 saturated carbocycles. The molecular weight excluding hydrogens is 222 g/mol. The maximum absolute atomic E-state index is 11.1. The average molecular weight is 241 g/mol. The van der Waals surface area contributed by atoms with Gasteiger partial charge in [0.05, 0.1) is 0 Å². The second kappa shape index (κ2) is 4.64. The summed E-state index contributed by atoms with van der Waals surface area (Å²) in [6.45, 7) is 1.67. The van der Waals surface area contributed by atoms with E-state index in [0.717, 1.165) is 13.1 Å². The SMILES string of the molecule is O=C(O)CCC(C(=O)O)N1CC2(CCCC2)C1. The van der Waals surface area contributed by atoms with Crippen LogP contribution in [0.25, 0.3) is 0 Å². The highest BCUT2D eigenvalue weighted by Gasteiger charge is 2.48. The quantitative estimate of drug-likeness (QED) is 0.755. The van der Waals surface area contributed by atoms with Gasteiger partial charge in [-0.2, -0.15) is 0 Å². The lowest BCUT2D eigenvalue weighted by Crippen LogP contribution is -2.60. The van der Waals surface area contributed by atoms with Crippen LogP contribution in [0.3, 0.4) is 0 Å². The first kappa shape index (κ1) is 12.4. The van der Waals surface area contributed by atoms with E-state index in [4.69, 9.17) is 10.2 Å². The molecule has 5 heteroatoms. The second-order valence-electron chi connectivity index (χ2n) is 5.40. The summed E-state index contributed by atoms with van der Waals surface area (Å²) in [5.74, 6) is -1.81. The van der Waals surface area contributed by atoms with E-state index in [2.05, 4.69) is 0 Å². The van der Waals surface area contributed by atoms with Crippen LogP contribution in [0.4, 0.5) is 0 Å². The molecule has 1 spiro atoms. The summed E-state index contributed by atoms with van der Waals surface area (Å²) in [6, 6.07) is -0.614. The fourth-order valence-electron chi connectivity index (χ4n) is 3.20. The second-order valence-corrected chi connectivity index (χ2v) is 5.40. The monoisotopic (exact) mass is 241 g/mol. The van der Waals surface area contributed by atoms with Crippen molar-refractivity contribution in [3.05, 3.63) is 0 Å². The van der Waals surface area contributed by atoms with Gasteiger partial charge < -0.3 is 10.2 Å². The number of rotatable bonds is 5. The number of carboxylic acids is 2. The molecule has 96 valence electrons. The third kappa shape index (κ3) is 2.60. The van der Waals surface area contributed by atoms with Crippen molar-refractivity contribution in [2.75, 3.05) is 13.1 Å². The number of carbonyl (C=O) groups is 2. The minimum Gasteiger partial charge on any atom is -0.481 e. The van der Waals surface area contributed by atoms with E-state index in [9.17, 15) is 9.59 Å². The van der Waals surface area contributed by atoms with Crippen molar-refractivity contribution in [1.29, 1.82) is 0 Å². The highest BCUT2D eigenvalue weighted by molar-refractivity contribution is 5.75. The number of hydrogen-bond acceptors (Lipinski definition) is 3. The summed E-state index contributed by atoms with van der Waals surface area (Å²) >= 11 is 0. The van der Waals surface area contributed by atoms with Crippen LogP contribution in [0.1, 0.15) is 38.5 Å². The molecule has 0 aromatic rings. The maximum Gasteiger partial charge on any atom is 0.320 e. The van der Waals surface area contributed by atoms with E-state index >= 15 is 0 Å². The van der Waals surface area contributed by atoms with Crippen LogP contribution in [0.15, 0.2) is 0 Å². The van der Waals surface area contributed by atoms with E-state index in [1.54, 1.807) is 0 Å². The molecule has 0 bridgehead atoms. The standard InChI is InChI=1S/C12H19NO4/c14-10(15)4-3-9(11(16)17)13-7-12(8-13)5-1-2-6-12/h9H,1-8H2,(H,14,15)(H,16,17). The molecule has 2 aliphatic rings. The highest BCUT2D eigenvalue weighted by atomic mass is 16.4. The Morgan fingerprint density at radius 2 is 1.76 bits per heavy atom. The van der Waals surface area contributed by atoms with Gasteiger partial charge in [0, 0.05) is 19.5 Å². The first-order valence-electron chi connectivity index (χ1n) is 6.21. The summed E-state index contributed by atoms with van der Waals surface area (Å²) in [4.78, 5) is 23.5. The van der Waals surface area contributed by atoms with Gasteiger partial charge in [-0.25, -0.2) is 0 Å². The Balaban J connectivity index is 1.86. The summed E-state index contributed by atoms with van der Waals surface area (Å²) in [5, 5.41) is 17.7. The van der Waals surface area contributed by atoms with Crippen LogP contribution >= 0.6 is 0 Å². The van der Waals surface area contributed by atoms with E-state index in [1.807, 2.05) is 4.90 Å². The Labute approximate surface area is 100 Å². The fourth-order valence-corrected chi connectivity index (χ4v) is 3.20. The molecule has 1 saturated heterocycles. The van der Waals surface area contributed by atoms with Crippen molar-refractivity contribution in [2.45, 2.75) is 44.6 Å². The van der Waals surface area contributed by atoms with Gasteiger partial charge >= 0.3 is 11.9 Å². The summed E-state index contributed by atoms with van der Waals surface area (Å²) in [5.41, 5.74) is 0.358. The van der Waals surface area contributed by atoms with Crippen molar-refractivity contribution in [3.8, 4) is 0 Å². The zero-order valence-electron chi connectivity index (χ0n) is 9.89. The van der Waals surface area contributed by atoms with Gasteiger partial charge in [0.25, 0.3) is 0 Å². The third-order valence-corrected chi connectivity index (χ3v) is 4.10. The van der Waals surface area contributed by atoms with Crippen LogP contribution in [0.2, 0.25) is 0 Å². The Bertz CT molecular complexity index is 314. The van der Waals surface area contributed by atoms with E-state index < -0.39 is 18.0 Å². The normalized spacial score (nSPS) is 24.5. The zero-order chi connectivity index (χ0) is 12.5. The molecule has 5 nitrogen and oxygen atoms in total. The molecule has 1 aliphatic carbocycles. The Morgan fingerprint density at radius 1 is 1.18 bits per heavy atom. The zero-order valence-corrected chi connectivity index (χ0v) is 9.89. The molecule has 2 fully saturated rings. The summed E-state index contributed by atoms with van der Waals surface area (Å²) in [7, 11) is 0. The molecule has 0 aromatic carbocycles. The molecule has 1 atom stereocenters. The largest absolute Gasteiger partial charge is 0.481 e. The van der Waals surface area contributed by atoms with Crippen LogP contribution in [0, 0.1) is 5.41 Å². The number of likely N-dealkylation sites (tertiary alicyclic amines) is 1. The Hall–Kier alpha value is -1.10. The molecule has 17 heavy (non-hydrogen) atoms. The molecule has 2 N–H and O–H groups in total. The van der Waals surface area contributed by atoms with E-state index in [0.29, 0.717) is 5.41 Å². The Morgan fingerprint density at radius 3 is 2.24 bits per heavy atom. The molecule has 0 radical (unpaired) electrons. The predicted molar refractivity (Wildman–Crippen MR) is 60.8 cm³/mol. The molecular formula is C12H19NO4. The summed E-state index contributed by atoms with van der Waals surface area (Å²) < 4.78 is 0. The number of aliphatic carboxylic acids is 2. The van der Waals surface area contributed by atoms with Gasteiger partial charge in [0.15, 0.2) is 0 Å². The summed E-state index contributed by atoms with van der Waals surface area (Å²) in [6.07, 6.45) is 5.05. The highest BCUT2D eigenvalue weighted by Crippen LogP contribution is 2.46. The molecule has 0 amide bonds. The van der Waals surface area contributed by atoms with Crippen molar-refractivity contribution < 1.29 is 19.8 Å². The minimum absolute atomic E-state index is 0.0690. The fraction of sp³-hybridized carbons (Fsp3) is 0.833. The Kier molecular flexibility index (Phi) is 3.38. The third-order valence-electron chi connectivity index (χ3n) is 4.10. The number of nitrogens with zero attached hydrogens (tertiary/aromatic N) is 1.